The van der Waals surface area contributed by atoms with Gasteiger partial charge in [-0.15, -0.1) is 0 Å². The van der Waals surface area contributed by atoms with Crippen LogP contribution >= 0.6 is 15.9 Å². The summed E-state index contributed by atoms with van der Waals surface area (Å²) in [6, 6.07) is 10.4. The Bertz CT molecular complexity index is 1320. The van der Waals surface area contributed by atoms with Crippen LogP contribution in [-0.4, -0.2) is 26.5 Å². The second-order valence-electron chi connectivity index (χ2n) is 7.00. The molecule has 4 rings (SSSR count). The molecule has 9 heteroatoms. The first-order chi connectivity index (χ1) is 13.7. The highest BCUT2D eigenvalue weighted by Gasteiger charge is 2.33. The molecule has 1 fully saturated rings. The van der Waals surface area contributed by atoms with E-state index in [1.54, 1.807) is 24.3 Å². The van der Waals surface area contributed by atoms with Gasteiger partial charge < -0.3 is 18.3 Å². The number of nitrogens with zero attached hydrogens (tertiary/aromatic N) is 1. The minimum absolute atomic E-state index is 0.214. The molecule has 0 aliphatic carbocycles. The molecule has 2 aromatic carbocycles. The maximum absolute atomic E-state index is 14.4. The van der Waals surface area contributed by atoms with Gasteiger partial charge in [-0.25, -0.2) is 8.60 Å². The predicted molar refractivity (Wildman–Crippen MR) is 111 cm³/mol. The Balaban J connectivity index is 2.02. The monoisotopic (exact) mass is 483 g/mol. The lowest BCUT2D eigenvalue weighted by molar-refractivity contribution is 0.0785. The molecule has 6 nitrogen and oxygen atoms in total. The summed E-state index contributed by atoms with van der Waals surface area (Å²) in [4.78, 5) is 12.5. The third-order valence-electron chi connectivity index (χ3n) is 5.15. The van der Waals surface area contributed by atoms with E-state index in [9.17, 15) is 17.9 Å². The van der Waals surface area contributed by atoms with Gasteiger partial charge >= 0.3 is 5.56 Å². The molecule has 0 bridgehead atoms. The lowest BCUT2D eigenvalue weighted by Crippen LogP contribution is -2.28. The zero-order valence-electron chi connectivity index (χ0n) is 15.6. The largest absolute Gasteiger partial charge is 0.439 e. The fourth-order valence-corrected chi connectivity index (χ4v) is 5.36. The Morgan fingerprint density at radius 2 is 1.90 bits per heavy atom. The van der Waals surface area contributed by atoms with Crippen LogP contribution in [0.4, 0.5) is 4.39 Å². The molecule has 1 saturated heterocycles. The Hall–Kier alpha value is -1.94. The van der Waals surface area contributed by atoms with Crippen molar-refractivity contribution in [1.82, 2.24) is 4.57 Å². The molecule has 0 saturated carbocycles. The van der Waals surface area contributed by atoms with Gasteiger partial charge in [-0.05, 0) is 48.7 Å². The number of ether oxygens (including phenoxy) is 1. The fraction of sp³-hybridized carbons (Fsp3) is 0.300. The number of para-hydroxylation sites is 2. The number of benzene rings is 2. The van der Waals surface area contributed by atoms with E-state index >= 15 is 0 Å². The minimum atomic E-state index is -4.14. The van der Waals surface area contributed by atoms with Crippen LogP contribution < -0.4 is 5.56 Å². The number of hydrogen-bond donors (Lipinski definition) is 1. The summed E-state index contributed by atoms with van der Waals surface area (Å²) in [5.41, 5.74) is 0.541. The topological polar surface area (TPSA) is 81.7 Å². The molecular weight excluding hydrogens is 465 g/mol. The third-order valence-corrected chi connectivity index (χ3v) is 8.04. The number of alkyl halides is 1. The summed E-state index contributed by atoms with van der Waals surface area (Å²) in [7, 11) is -2.64. The van der Waals surface area contributed by atoms with Gasteiger partial charge in [0.05, 0.1) is 14.7 Å². The summed E-state index contributed by atoms with van der Waals surface area (Å²) in [5, 5.41) is 0. The van der Waals surface area contributed by atoms with Gasteiger partial charge in [0.25, 0.3) is 4.71 Å². The van der Waals surface area contributed by atoms with Crippen molar-refractivity contribution >= 4 is 36.8 Å². The van der Waals surface area contributed by atoms with E-state index in [1.165, 1.54) is 23.7 Å². The average Bonchev–Trinajstić information content (AvgIpc) is 2.70. The fourth-order valence-electron chi connectivity index (χ4n) is 3.46. The summed E-state index contributed by atoms with van der Waals surface area (Å²) in [6.45, 7) is 0.984. The van der Waals surface area contributed by atoms with Gasteiger partial charge in [0.15, 0.2) is 15.4 Å². The highest BCUT2D eigenvalue weighted by atomic mass is 79.9. The van der Waals surface area contributed by atoms with Crippen molar-refractivity contribution in [2.75, 3.05) is 13.2 Å². The number of aryl methyl sites for hydroxylation is 1. The van der Waals surface area contributed by atoms with Crippen molar-refractivity contribution in [2.24, 2.45) is 7.05 Å². The molecule has 0 radical (unpaired) electrons. The number of rotatable bonds is 2. The van der Waals surface area contributed by atoms with E-state index in [0.29, 0.717) is 37.1 Å². The minimum Gasteiger partial charge on any atom is -0.439 e. The Kier molecular flexibility index (Phi) is 5.18. The van der Waals surface area contributed by atoms with Crippen molar-refractivity contribution in [3.63, 3.8) is 0 Å². The van der Waals surface area contributed by atoms with E-state index in [1.807, 2.05) is 0 Å². The lowest BCUT2D eigenvalue weighted by atomic mass is 9.91. The highest BCUT2D eigenvalue weighted by Crippen LogP contribution is 2.41. The van der Waals surface area contributed by atoms with Gasteiger partial charge in [-0.3, -0.25) is 4.79 Å². The first-order valence-corrected chi connectivity index (χ1v) is 11.3. The average molecular weight is 484 g/mol. The SMILES string of the molecule is Cn1c(=O)c(=S(=O)(O)c2cc(F)cc(C3(Br)CCOCC3)c2)oc2ccccc21. The molecule has 3 aromatic rings. The molecule has 1 atom stereocenters. The molecule has 1 aliphatic rings. The number of aromatic nitrogens is 1. The van der Waals surface area contributed by atoms with Gasteiger partial charge in [0, 0.05) is 20.3 Å². The second kappa shape index (κ2) is 7.39. The molecule has 29 heavy (non-hydrogen) atoms. The first kappa shape index (κ1) is 20.3. The molecule has 1 aliphatic heterocycles. The molecule has 1 N–H and O–H groups in total. The molecule has 1 unspecified atom stereocenters. The van der Waals surface area contributed by atoms with Crippen molar-refractivity contribution in [2.45, 2.75) is 22.1 Å². The van der Waals surface area contributed by atoms with Crippen LogP contribution in [0.1, 0.15) is 18.4 Å². The van der Waals surface area contributed by atoms with Crippen LogP contribution in [0.15, 0.2) is 56.6 Å². The molecule has 1 aromatic heterocycles. The summed E-state index contributed by atoms with van der Waals surface area (Å²) >= 11 is 3.64. The van der Waals surface area contributed by atoms with Crippen LogP contribution in [0.5, 0.6) is 0 Å². The molecular formula is C20H19BrFNO5S. The predicted octanol–water partition coefficient (Wildman–Crippen LogP) is 4.02. The lowest BCUT2D eigenvalue weighted by Gasteiger charge is -2.32. The standard InChI is InChI=1S/C20H19BrFNO5S/c1-23-16-4-2-3-5-17(16)28-19(18(23)24)29(25,26)15-11-13(10-14(22)12-15)20(21)6-8-27-9-7-20/h2-5,10-12H,6-9H2,1H3,(H,25,26). The Morgan fingerprint density at radius 1 is 1.21 bits per heavy atom. The molecule has 154 valence electrons. The van der Waals surface area contributed by atoms with E-state index < -0.39 is 30.2 Å². The van der Waals surface area contributed by atoms with Gasteiger partial charge in [-0.1, -0.05) is 28.1 Å². The maximum Gasteiger partial charge on any atom is 0.305 e. The number of hydrogen-bond acceptors (Lipinski definition) is 4. The summed E-state index contributed by atoms with van der Waals surface area (Å²) in [5.74, 6) is -0.665. The van der Waals surface area contributed by atoms with Crippen LogP contribution in [-0.2, 0) is 25.9 Å². The van der Waals surface area contributed by atoms with Crippen LogP contribution in [0.2, 0.25) is 0 Å². The van der Waals surface area contributed by atoms with Gasteiger partial charge in [-0.2, -0.15) is 0 Å². The maximum atomic E-state index is 14.4. The zero-order valence-corrected chi connectivity index (χ0v) is 18.0. The van der Waals surface area contributed by atoms with Crippen LogP contribution in [0.3, 0.4) is 0 Å². The van der Waals surface area contributed by atoms with Crippen LogP contribution in [0, 0.1) is 10.5 Å². The van der Waals surface area contributed by atoms with E-state index in [0.717, 1.165) is 6.07 Å². The Morgan fingerprint density at radius 3 is 2.62 bits per heavy atom. The molecule has 0 amide bonds. The smallest absolute Gasteiger partial charge is 0.305 e. The first-order valence-electron chi connectivity index (χ1n) is 8.99. The van der Waals surface area contributed by atoms with Gasteiger partial charge in [0.2, 0.25) is 0 Å². The summed E-state index contributed by atoms with van der Waals surface area (Å²) < 4.78 is 49.6. The second-order valence-corrected chi connectivity index (χ2v) is 10.4. The number of fused-ring (bicyclic) bond motifs is 1. The normalized spacial score (nSPS) is 18.5. The summed E-state index contributed by atoms with van der Waals surface area (Å²) in [6.07, 6.45) is 1.18. The van der Waals surface area contributed by atoms with Crippen molar-refractivity contribution in [3.05, 3.63) is 68.9 Å². The van der Waals surface area contributed by atoms with E-state index in [-0.39, 0.29) is 10.5 Å². The Labute approximate surface area is 174 Å². The molecule has 2 heterocycles. The molecule has 0 spiro atoms. The van der Waals surface area contributed by atoms with Crippen molar-refractivity contribution in [1.29, 1.82) is 0 Å². The zero-order chi connectivity index (χ0) is 20.8. The van der Waals surface area contributed by atoms with E-state index in [4.69, 9.17) is 9.15 Å². The van der Waals surface area contributed by atoms with Gasteiger partial charge in [0.1, 0.15) is 5.82 Å². The van der Waals surface area contributed by atoms with Crippen molar-refractivity contribution in [3.8, 4) is 0 Å². The van der Waals surface area contributed by atoms with E-state index in [2.05, 4.69) is 15.9 Å². The van der Waals surface area contributed by atoms with Crippen molar-refractivity contribution < 1.29 is 22.3 Å². The van der Waals surface area contributed by atoms with Crippen LogP contribution in [0.25, 0.3) is 11.1 Å². The quantitative estimate of drug-likeness (QED) is 0.439. The third kappa shape index (κ3) is 3.56. The highest BCUT2D eigenvalue weighted by molar-refractivity contribution is 9.09. The number of halogens is 2.